The van der Waals surface area contributed by atoms with Gasteiger partial charge in [0.1, 0.15) is 23.2 Å². The van der Waals surface area contributed by atoms with Gasteiger partial charge in [-0.3, -0.25) is 0 Å². The second-order valence-corrected chi connectivity index (χ2v) is 4.02. The molecule has 1 aromatic heterocycles. The summed E-state index contributed by atoms with van der Waals surface area (Å²) in [6, 6.07) is 6.56. The van der Waals surface area contributed by atoms with Gasteiger partial charge < -0.3 is 10.3 Å². The van der Waals surface area contributed by atoms with Crippen LogP contribution in [-0.2, 0) is 6.54 Å². The van der Waals surface area contributed by atoms with Gasteiger partial charge in [0.25, 0.3) is 0 Å². The van der Waals surface area contributed by atoms with E-state index >= 15 is 0 Å². The van der Waals surface area contributed by atoms with Crippen LogP contribution in [0.5, 0.6) is 0 Å². The molecule has 17 heavy (non-hydrogen) atoms. The molecule has 0 fully saturated rings. The Labute approximate surface area is 100 Å². The third-order valence-electron chi connectivity index (χ3n) is 2.77. The summed E-state index contributed by atoms with van der Waals surface area (Å²) in [6.45, 7) is 4.76. The molecule has 2 rings (SSSR count). The second kappa shape index (κ2) is 4.57. The SMILES string of the molecule is CCCn1c(C)nc(-c2ccccc2F)c1N. The van der Waals surface area contributed by atoms with Gasteiger partial charge >= 0.3 is 0 Å². The highest BCUT2D eigenvalue weighted by molar-refractivity contribution is 5.71. The summed E-state index contributed by atoms with van der Waals surface area (Å²) in [5.74, 6) is 1.07. The summed E-state index contributed by atoms with van der Waals surface area (Å²) < 4.78 is 15.6. The lowest BCUT2D eigenvalue weighted by Gasteiger charge is -2.05. The van der Waals surface area contributed by atoms with E-state index in [1.165, 1.54) is 6.07 Å². The smallest absolute Gasteiger partial charge is 0.132 e. The zero-order valence-corrected chi connectivity index (χ0v) is 10.1. The zero-order chi connectivity index (χ0) is 12.4. The largest absolute Gasteiger partial charge is 0.383 e. The Kier molecular flexibility index (Phi) is 3.13. The molecule has 0 aliphatic heterocycles. The molecule has 0 amide bonds. The molecule has 0 bridgehead atoms. The fraction of sp³-hybridized carbons (Fsp3) is 0.308. The maximum Gasteiger partial charge on any atom is 0.132 e. The van der Waals surface area contributed by atoms with Crippen molar-refractivity contribution in [2.45, 2.75) is 26.8 Å². The van der Waals surface area contributed by atoms with E-state index in [1.54, 1.807) is 18.2 Å². The molecule has 0 saturated carbocycles. The van der Waals surface area contributed by atoms with Gasteiger partial charge in [-0.2, -0.15) is 0 Å². The monoisotopic (exact) mass is 233 g/mol. The van der Waals surface area contributed by atoms with E-state index in [0.717, 1.165) is 18.8 Å². The minimum absolute atomic E-state index is 0.291. The Balaban J connectivity index is 2.54. The molecule has 0 atom stereocenters. The molecule has 1 aromatic carbocycles. The van der Waals surface area contributed by atoms with Crippen LogP contribution in [0.15, 0.2) is 24.3 Å². The number of benzene rings is 1. The first-order chi connectivity index (χ1) is 8.15. The number of rotatable bonds is 3. The van der Waals surface area contributed by atoms with Crippen molar-refractivity contribution >= 4 is 5.82 Å². The number of aromatic nitrogens is 2. The number of aryl methyl sites for hydroxylation is 1. The summed E-state index contributed by atoms with van der Waals surface area (Å²) in [6.07, 6.45) is 0.970. The second-order valence-electron chi connectivity index (χ2n) is 4.02. The normalized spacial score (nSPS) is 10.8. The van der Waals surface area contributed by atoms with E-state index < -0.39 is 0 Å². The van der Waals surface area contributed by atoms with Crippen LogP contribution in [-0.4, -0.2) is 9.55 Å². The molecule has 0 radical (unpaired) electrons. The van der Waals surface area contributed by atoms with Gasteiger partial charge in [-0.1, -0.05) is 19.1 Å². The molecular weight excluding hydrogens is 217 g/mol. The number of hydrogen-bond acceptors (Lipinski definition) is 2. The number of nitrogens with zero attached hydrogens (tertiary/aromatic N) is 2. The van der Waals surface area contributed by atoms with Crippen molar-refractivity contribution in [3.05, 3.63) is 35.9 Å². The molecule has 2 aromatic rings. The molecule has 2 N–H and O–H groups in total. The van der Waals surface area contributed by atoms with Gasteiger partial charge in [0.15, 0.2) is 0 Å². The predicted molar refractivity (Wildman–Crippen MR) is 67.1 cm³/mol. The predicted octanol–water partition coefficient (Wildman–Crippen LogP) is 2.99. The van der Waals surface area contributed by atoms with Crippen molar-refractivity contribution < 1.29 is 4.39 Å². The first-order valence-electron chi connectivity index (χ1n) is 5.72. The molecule has 1 heterocycles. The van der Waals surface area contributed by atoms with Crippen LogP contribution in [0.25, 0.3) is 11.3 Å². The summed E-state index contributed by atoms with van der Waals surface area (Å²) in [5, 5.41) is 0. The third-order valence-corrected chi connectivity index (χ3v) is 2.77. The van der Waals surface area contributed by atoms with Crippen LogP contribution in [0.4, 0.5) is 10.2 Å². The zero-order valence-electron chi connectivity index (χ0n) is 10.1. The lowest BCUT2D eigenvalue weighted by Crippen LogP contribution is -2.04. The number of imidazole rings is 1. The van der Waals surface area contributed by atoms with Crippen molar-refractivity contribution in [1.29, 1.82) is 0 Å². The number of nitrogen functional groups attached to an aromatic ring is 1. The average molecular weight is 233 g/mol. The Morgan fingerprint density at radius 3 is 2.71 bits per heavy atom. The van der Waals surface area contributed by atoms with Crippen LogP contribution < -0.4 is 5.73 Å². The fourth-order valence-electron chi connectivity index (χ4n) is 1.94. The summed E-state index contributed by atoms with van der Waals surface area (Å²) in [5.41, 5.74) is 7.02. The molecule has 3 nitrogen and oxygen atoms in total. The van der Waals surface area contributed by atoms with E-state index in [4.69, 9.17) is 5.73 Å². The lowest BCUT2D eigenvalue weighted by molar-refractivity contribution is 0.631. The molecule has 0 unspecified atom stereocenters. The Morgan fingerprint density at radius 1 is 1.35 bits per heavy atom. The van der Waals surface area contributed by atoms with E-state index in [2.05, 4.69) is 11.9 Å². The van der Waals surface area contributed by atoms with Crippen LogP contribution >= 0.6 is 0 Å². The number of halogens is 1. The van der Waals surface area contributed by atoms with Gasteiger partial charge in [-0.15, -0.1) is 0 Å². The highest BCUT2D eigenvalue weighted by atomic mass is 19.1. The van der Waals surface area contributed by atoms with Gasteiger partial charge in [0.2, 0.25) is 0 Å². The molecule has 0 aliphatic carbocycles. The molecule has 0 saturated heterocycles. The fourth-order valence-corrected chi connectivity index (χ4v) is 1.94. The third kappa shape index (κ3) is 2.02. The minimum Gasteiger partial charge on any atom is -0.383 e. The first-order valence-corrected chi connectivity index (χ1v) is 5.72. The molecule has 0 spiro atoms. The summed E-state index contributed by atoms with van der Waals surface area (Å²) >= 11 is 0. The summed E-state index contributed by atoms with van der Waals surface area (Å²) in [7, 11) is 0. The van der Waals surface area contributed by atoms with E-state index in [0.29, 0.717) is 17.1 Å². The standard InChI is InChI=1S/C13H16FN3/c1-3-8-17-9(2)16-12(13(17)15)10-6-4-5-7-11(10)14/h4-7H,3,8,15H2,1-2H3. The molecule has 90 valence electrons. The van der Waals surface area contributed by atoms with Crippen LogP contribution in [0, 0.1) is 12.7 Å². The van der Waals surface area contributed by atoms with Gasteiger partial charge in [0.05, 0.1) is 0 Å². The van der Waals surface area contributed by atoms with Gasteiger partial charge in [0, 0.05) is 12.1 Å². The van der Waals surface area contributed by atoms with E-state index in [9.17, 15) is 4.39 Å². The average Bonchev–Trinajstić information content (AvgIpc) is 2.58. The molecule has 4 heteroatoms. The number of hydrogen-bond donors (Lipinski definition) is 1. The maximum atomic E-state index is 13.7. The minimum atomic E-state index is -0.291. The van der Waals surface area contributed by atoms with Crippen molar-refractivity contribution in [1.82, 2.24) is 9.55 Å². The molecular formula is C13H16FN3. The Morgan fingerprint density at radius 2 is 2.06 bits per heavy atom. The van der Waals surface area contributed by atoms with Crippen molar-refractivity contribution in [3.8, 4) is 11.3 Å². The summed E-state index contributed by atoms with van der Waals surface area (Å²) in [4.78, 5) is 4.36. The van der Waals surface area contributed by atoms with Gasteiger partial charge in [-0.05, 0) is 25.5 Å². The van der Waals surface area contributed by atoms with Crippen molar-refractivity contribution in [2.75, 3.05) is 5.73 Å². The number of nitrogens with two attached hydrogens (primary N) is 1. The number of anilines is 1. The Bertz CT molecular complexity index is 531. The topological polar surface area (TPSA) is 43.8 Å². The van der Waals surface area contributed by atoms with Crippen LogP contribution in [0.3, 0.4) is 0 Å². The molecule has 0 aliphatic rings. The van der Waals surface area contributed by atoms with E-state index in [1.807, 2.05) is 11.5 Å². The maximum absolute atomic E-state index is 13.7. The first kappa shape index (κ1) is 11.6. The quantitative estimate of drug-likeness (QED) is 0.885. The lowest BCUT2D eigenvalue weighted by atomic mass is 10.1. The Hall–Kier alpha value is -1.84. The van der Waals surface area contributed by atoms with Crippen molar-refractivity contribution in [3.63, 3.8) is 0 Å². The van der Waals surface area contributed by atoms with Gasteiger partial charge in [-0.25, -0.2) is 9.37 Å². The van der Waals surface area contributed by atoms with Crippen molar-refractivity contribution in [2.24, 2.45) is 0 Å². The van der Waals surface area contributed by atoms with E-state index in [-0.39, 0.29) is 5.82 Å². The highest BCUT2D eigenvalue weighted by Crippen LogP contribution is 2.28. The van der Waals surface area contributed by atoms with Crippen LogP contribution in [0.2, 0.25) is 0 Å². The highest BCUT2D eigenvalue weighted by Gasteiger charge is 2.15. The van der Waals surface area contributed by atoms with Crippen LogP contribution in [0.1, 0.15) is 19.2 Å².